The molecule has 0 fully saturated rings. The van der Waals surface area contributed by atoms with Gasteiger partial charge in [-0.25, -0.2) is 15.0 Å². The van der Waals surface area contributed by atoms with E-state index < -0.39 is 0 Å². The van der Waals surface area contributed by atoms with Crippen LogP contribution >= 0.6 is 0 Å². The minimum Gasteiger partial charge on any atom is -0.309 e. The van der Waals surface area contributed by atoms with Crippen LogP contribution in [0.2, 0.25) is 0 Å². The van der Waals surface area contributed by atoms with Gasteiger partial charge in [-0.15, -0.1) is 0 Å². The highest BCUT2D eigenvalue weighted by Crippen LogP contribution is 2.32. The summed E-state index contributed by atoms with van der Waals surface area (Å²) in [6.45, 7) is 0. The molecule has 0 radical (unpaired) electrons. The molecule has 0 atom stereocenters. The molecule has 0 spiro atoms. The Kier molecular flexibility index (Phi) is 5.00. The molecule has 0 aliphatic carbocycles. The first-order chi connectivity index (χ1) is 18.3. The quantitative estimate of drug-likeness (QED) is 0.281. The number of hydrogen-bond donors (Lipinski definition) is 0. The van der Waals surface area contributed by atoms with Gasteiger partial charge in [-0.3, -0.25) is 9.97 Å². The van der Waals surface area contributed by atoms with Crippen molar-refractivity contribution >= 4 is 21.8 Å². The fourth-order valence-corrected chi connectivity index (χ4v) is 4.68. The van der Waals surface area contributed by atoms with Gasteiger partial charge < -0.3 is 4.57 Å². The van der Waals surface area contributed by atoms with Crippen molar-refractivity contribution < 1.29 is 0 Å². The topological polar surface area (TPSA) is 69.4 Å². The van der Waals surface area contributed by atoms with E-state index >= 15 is 0 Å². The van der Waals surface area contributed by atoms with Gasteiger partial charge >= 0.3 is 0 Å². The lowest BCUT2D eigenvalue weighted by Gasteiger charge is -2.10. The third kappa shape index (κ3) is 3.72. The van der Waals surface area contributed by atoms with Crippen molar-refractivity contribution in [1.29, 1.82) is 0 Å². The van der Waals surface area contributed by atoms with E-state index in [0.29, 0.717) is 28.9 Å². The van der Waals surface area contributed by atoms with Crippen molar-refractivity contribution in [3.63, 3.8) is 0 Å². The number of aromatic nitrogens is 6. The summed E-state index contributed by atoms with van der Waals surface area (Å²) in [4.78, 5) is 23.1. The van der Waals surface area contributed by atoms with E-state index in [9.17, 15) is 0 Å². The van der Waals surface area contributed by atoms with Crippen LogP contribution in [0.1, 0.15) is 0 Å². The fourth-order valence-electron chi connectivity index (χ4n) is 4.68. The minimum absolute atomic E-state index is 0.512. The zero-order valence-corrected chi connectivity index (χ0v) is 19.7. The first-order valence-electron chi connectivity index (χ1n) is 12.0. The number of para-hydroxylation sites is 2. The van der Waals surface area contributed by atoms with E-state index in [2.05, 4.69) is 92.3 Å². The standard InChI is InChI=1S/C31H20N6/c1-3-13-27-23(9-1)24-10-2-4-14-28(24)37(27)22-17-15-21(16-18-22)29-34-30(25-11-5-7-19-32-25)36-31(35-29)26-12-6-8-20-33-26/h1-20H. The lowest BCUT2D eigenvalue weighted by atomic mass is 10.1. The smallest absolute Gasteiger partial charge is 0.182 e. The van der Waals surface area contributed by atoms with Crippen LogP contribution in [0, 0.1) is 0 Å². The monoisotopic (exact) mass is 476 g/mol. The van der Waals surface area contributed by atoms with Gasteiger partial charge in [0.25, 0.3) is 0 Å². The molecule has 0 amide bonds. The van der Waals surface area contributed by atoms with Crippen molar-refractivity contribution in [3.8, 4) is 40.1 Å². The first-order valence-corrected chi connectivity index (χ1v) is 12.0. The van der Waals surface area contributed by atoms with Crippen molar-refractivity contribution in [1.82, 2.24) is 29.5 Å². The second kappa shape index (κ2) is 8.77. The van der Waals surface area contributed by atoms with Crippen molar-refractivity contribution in [2.75, 3.05) is 0 Å². The van der Waals surface area contributed by atoms with Crippen LogP contribution in [0.5, 0.6) is 0 Å². The number of nitrogens with zero attached hydrogens (tertiary/aromatic N) is 6. The lowest BCUT2D eigenvalue weighted by Crippen LogP contribution is -2.02. The molecule has 0 unspecified atom stereocenters. The molecule has 0 bridgehead atoms. The third-order valence-electron chi connectivity index (χ3n) is 6.39. The van der Waals surface area contributed by atoms with Gasteiger partial charge in [-0.2, -0.15) is 0 Å². The second-order valence-electron chi connectivity index (χ2n) is 8.65. The lowest BCUT2D eigenvalue weighted by molar-refractivity contribution is 1.04. The molecular formula is C31H20N6. The van der Waals surface area contributed by atoms with Crippen LogP contribution in [0.15, 0.2) is 122 Å². The Labute approximate surface area is 213 Å². The SMILES string of the molecule is c1ccc(-c2nc(-c3ccc(-n4c5ccccc5c5ccccc54)cc3)nc(-c3ccccn3)n2)nc1. The van der Waals surface area contributed by atoms with E-state index in [0.717, 1.165) is 11.3 Å². The summed E-state index contributed by atoms with van der Waals surface area (Å²) in [6, 6.07) is 36.7. The van der Waals surface area contributed by atoms with Crippen LogP contribution < -0.4 is 0 Å². The van der Waals surface area contributed by atoms with Gasteiger partial charge in [0.15, 0.2) is 17.5 Å². The Bertz CT molecular complexity index is 1750. The van der Waals surface area contributed by atoms with Crippen molar-refractivity contribution in [2.24, 2.45) is 0 Å². The predicted molar refractivity (Wildman–Crippen MR) is 146 cm³/mol. The second-order valence-corrected chi connectivity index (χ2v) is 8.65. The molecule has 4 aromatic heterocycles. The maximum absolute atomic E-state index is 4.77. The molecule has 6 nitrogen and oxygen atoms in total. The van der Waals surface area contributed by atoms with E-state index in [4.69, 9.17) is 9.97 Å². The van der Waals surface area contributed by atoms with Gasteiger partial charge in [0.05, 0.1) is 11.0 Å². The molecule has 4 heterocycles. The van der Waals surface area contributed by atoms with Crippen LogP contribution in [0.3, 0.4) is 0 Å². The van der Waals surface area contributed by atoms with Gasteiger partial charge in [0.1, 0.15) is 11.4 Å². The average Bonchev–Trinajstić information content (AvgIpc) is 3.32. The van der Waals surface area contributed by atoms with Crippen LogP contribution in [-0.2, 0) is 0 Å². The molecule has 0 aliphatic heterocycles. The largest absolute Gasteiger partial charge is 0.309 e. The Morgan fingerprint density at radius 2 is 0.919 bits per heavy atom. The summed E-state index contributed by atoms with van der Waals surface area (Å²) in [5, 5.41) is 2.47. The maximum Gasteiger partial charge on any atom is 0.182 e. The summed E-state index contributed by atoms with van der Waals surface area (Å²) in [7, 11) is 0. The molecule has 7 aromatic rings. The Hall–Kier alpha value is -5.23. The summed E-state index contributed by atoms with van der Waals surface area (Å²) >= 11 is 0. The predicted octanol–water partition coefficient (Wildman–Crippen LogP) is 6.76. The molecule has 0 saturated heterocycles. The maximum atomic E-state index is 4.77. The van der Waals surface area contributed by atoms with Crippen molar-refractivity contribution in [2.45, 2.75) is 0 Å². The fraction of sp³-hybridized carbons (Fsp3) is 0. The molecule has 174 valence electrons. The van der Waals surface area contributed by atoms with Gasteiger partial charge in [-0.1, -0.05) is 48.5 Å². The van der Waals surface area contributed by atoms with E-state index in [1.807, 2.05) is 36.4 Å². The van der Waals surface area contributed by atoms with E-state index in [1.165, 1.54) is 21.8 Å². The Morgan fingerprint density at radius 3 is 1.43 bits per heavy atom. The number of fused-ring (bicyclic) bond motifs is 3. The zero-order valence-electron chi connectivity index (χ0n) is 19.7. The highest BCUT2D eigenvalue weighted by molar-refractivity contribution is 6.09. The molecule has 0 N–H and O–H groups in total. The molecule has 7 rings (SSSR count). The number of benzene rings is 3. The van der Waals surface area contributed by atoms with E-state index in [1.54, 1.807) is 12.4 Å². The van der Waals surface area contributed by atoms with Gasteiger partial charge in [0.2, 0.25) is 0 Å². The van der Waals surface area contributed by atoms with Crippen LogP contribution in [0.25, 0.3) is 61.9 Å². The average molecular weight is 477 g/mol. The van der Waals surface area contributed by atoms with E-state index in [-0.39, 0.29) is 0 Å². The summed E-state index contributed by atoms with van der Waals surface area (Å²) < 4.78 is 2.29. The number of hydrogen-bond acceptors (Lipinski definition) is 5. The highest BCUT2D eigenvalue weighted by Gasteiger charge is 2.15. The first kappa shape index (κ1) is 21.1. The van der Waals surface area contributed by atoms with Crippen LogP contribution in [-0.4, -0.2) is 29.5 Å². The molecule has 0 saturated carbocycles. The molecule has 3 aromatic carbocycles. The normalized spacial score (nSPS) is 11.2. The minimum atomic E-state index is 0.512. The van der Waals surface area contributed by atoms with Crippen LogP contribution in [0.4, 0.5) is 0 Å². The van der Waals surface area contributed by atoms with Crippen molar-refractivity contribution in [3.05, 3.63) is 122 Å². The van der Waals surface area contributed by atoms with Gasteiger partial charge in [-0.05, 0) is 60.7 Å². The Balaban J connectivity index is 1.37. The highest BCUT2D eigenvalue weighted by atomic mass is 15.1. The zero-order chi connectivity index (χ0) is 24.6. The summed E-state index contributed by atoms with van der Waals surface area (Å²) in [6.07, 6.45) is 3.47. The Morgan fingerprint density at radius 1 is 0.432 bits per heavy atom. The summed E-state index contributed by atoms with van der Waals surface area (Å²) in [5.74, 6) is 1.60. The molecular weight excluding hydrogens is 456 g/mol. The number of pyridine rings is 2. The summed E-state index contributed by atoms with van der Waals surface area (Å²) in [5.41, 5.74) is 5.68. The molecule has 6 heteroatoms. The van der Waals surface area contributed by atoms with Gasteiger partial charge in [0, 0.05) is 34.4 Å². The number of rotatable bonds is 4. The molecule has 0 aliphatic rings. The third-order valence-corrected chi connectivity index (χ3v) is 6.39. The molecule has 37 heavy (non-hydrogen) atoms.